The van der Waals surface area contributed by atoms with E-state index in [9.17, 15) is 0 Å². The van der Waals surface area contributed by atoms with Gasteiger partial charge in [0.25, 0.3) is 0 Å². The second kappa shape index (κ2) is 4.65. The van der Waals surface area contributed by atoms with Crippen LogP contribution in [-0.2, 0) is 6.54 Å². The van der Waals surface area contributed by atoms with Gasteiger partial charge in [-0.2, -0.15) is 0 Å². The molecular weight excluding hydrogens is 210 g/mol. The first-order valence-electron chi connectivity index (χ1n) is 6.83. The van der Waals surface area contributed by atoms with Gasteiger partial charge in [0.15, 0.2) is 0 Å². The van der Waals surface area contributed by atoms with Gasteiger partial charge in [-0.3, -0.25) is 0 Å². The summed E-state index contributed by atoms with van der Waals surface area (Å²) in [5.74, 6) is 1.16. The molecule has 17 heavy (non-hydrogen) atoms. The first-order valence-corrected chi connectivity index (χ1v) is 6.83. The van der Waals surface area contributed by atoms with Gasteiger partial charge in [-0.05, 0) is 44.7 Å². The zero-order valence-electron chi connectivity index (χ0n) is 10.5. The van der Waals surface area contributed by atoms with Gasteiger partial charge in [-0.1, -0.05) is 6.07 Å². The van der Waals surface area contributed by atoms with Crippen LogP contribution in [0.2, 0.25) is 0 Å². The minimum absolute atomic E-state index is 0.749. The molecule has 1 N–H and O–H groups in total. The Morgan fingerprint density at radius 1 is 1.29 bits per heavy atom. The van der Waals surface area contributed by atoms with Crippen LogP contribution < -0.4 is 10.2 Å². The number of nitrogens with zero attached hydrogens (tertiary/aromatic N) is 2. The fraction of sp³-hybridized carbons (Fsp3) is 0.643. The van der Waals surface area contributed by atoms with E-state index in [0.29, 0.717) is 0 Å². The molecule has 0 aliphatic heterocycles. The van der Waals surface area contributed by atoms with E-state index >= 15 is 0 Å². The maximum absolute atomic E-state index is 4.77. The van der Waals surface area contributed by atoms with Crippen LogP contribution in [0.1, 0.15) is 38.3 Å². The summed E-state index contributed by atoms with van der Waals surface area (Å²) in [6.07, 6.45) is 5.34. The average molecular weight is 231 g/mol. The van der Waals surface area contributed by atoms with Gasteiger partial charge < -0.3 is 10.2 Å². The molecule has 2 aliphatic rings. The van der Waals surface area contributed by atoms with Crippen molar-refractivity contribution in [2.75, 3.05) is 11.4 Å². The van der Waals surface area contributed by atoms with Crippen LogP contribution in [0.5, 0.6) is 0 Å². The van der Waals surface area contributed by atoms with E-state index in [1.807, 2.05) is 0 Å². The van der Waals surface area contributed by atoms with E-state index in [0.717, 1.165) is 31.0 Å². The second-order valence-electron chi connectivity index (χ2n) is 5.16. The van der Waals surface area contributed by atoms with Gasteiger partial charge in [-0.15, -0.1) is 0 Å². The van der Waals surface area contributed by atoms with Crippen LogP contribution in [0.15, 0.2) is 18.2 Å². The van der Waals surface area contributed by atoms with Crippen molar-refractivity contribution < 1.29 is 0 Å². The highest BCUT2D eigenvalue weighted by Gasteiger charge is 2.28. The van der Waals surface area contributed by atoms with Gasteiger partial charge in [-0.25, -0.2) is 4.98 Å². The Hall–Kier alpha value is -1.09. The zero-order valence-corrected chi connectivity index (χ0v) is 10.5. The third kappa shape index (κ3) is 2.78. The van der Waals surface area contributed by atoms with Gasteiger partial charge >= 0.3 is 0 Å². The van der Waals surface area contributed by atoms with Gasteiger partial charge in [0, 0.05) is 25.2 Å². The molecule has 92 valence electrons. The molecule has 0 unspecified atom stereocenters. The number of pyridine rings is 1. The first-order chi connectivity index (χ1) is 8.36. The van der Waals surface area contributed by atoms with Gasteiger partial charge in [0.1, 0.15) is 5.82 Å². The lowest BCUT2D eigenvalue weighted by Gasteiger charge is -2.22. The minimum atomic E-state index is 0.749. The van der Waals surface area contributed by atoms with Crippen molar-refractivity contribution in [1.29, 1.82) is 0 Å². The van der Waals surface area contributed by atoms with Crippen molar-refractivity contribution in [3.8, 4) is 0 Å². The fourth-order valence-corrected chi connectivity index (χ4v) is 2.26. The van der Waals surface area contributed by atoms with Crippen LogP contribution in [0.25, 0.3) is 0 Å². The normalized spacial score (nSPS) is 19.4. The molecule has 0 spiro atoms. The molecule has 0 radical (unpaired) electrons. The molecule has 3 heteroatoms. The SMILES string of the molecule is CCN(c1cccc(CNC2CC2)n1)C1CC1. The molecule has 3 nitrogen and oxygen atoms in total. The molecule has 1 aromatic heterocycles. The monoisotopic (exact) mass is 231 g/mol. The average Bonchev–Trinajstić information content (AvgIpc) is 3.22. The first kappa shape index (κ1) is 11.0. The van der Waals surface area contributed by atoms with E-state index in [2.05, 4.69) is 35.3 Å². The Kier molecular flexibility index (Phi) is 3.02. The van der Waals surface area contributed by atoms with E-state index in [1.165, 1.54) is 31.4 Å². The van der Waals surface area contributed by atoms with Crippen LogP contribution in [0, 0.1) is 0 Å². The van der Waals surface area contributed by atoms with E-state index < -0.39 is 0 Å². The highest BCUT2D eigenvalue weighted by Crippen LogP contribution is 2.30. The highest BCUT2D eigenvalue weighted by molar-refractivity contribution is 5.42. The summed E-state index contributed by atoms with van der Waals surface area (Å²) in [7, 11) is 0. The Morgan fingerprint density at radius 2 is 2.12 bits per heavy atom. The smallest absolute Gasteiger partial charge is 0.129 e. The Bertz CT molecular complexity index is 383. The quantitative estimate of drug-likeness (QED) is 0.814. The maximum Gasteiger partial charge on any atom is 0.129 e. The lowest BCUT2D eigenvalue weighted by atomic mass is 10.3. The lowest BCUT2D eigenvalue weighted by Crippen LogP contribution is -2.26. The summed E-state index contributed by atoms with van der Waals surface area (Å²) in [6.45, 7) is 4.20. The van der Waals surface area contributed by atoms with Crippen LogP contribution >= 0.6 is 0 Å². The van der Waals surface area contributed by atoms with Crippen LogP contribution in [0.4, 0.5) is 5.82 Å². The topological polar surface area (TPSA) is 28.2 Å². The predicted molar refractivity (Wildman–Crippen MR) is 70.1 cm³/mol. The molecule has 0 aromatic carbocycles. The van der Waals surface area contributed by atoms with Crippen molar-refractivity contribution in [3.05, 3.63) is 23.9 Å². The van der Waals surface area contributed by atoms with Crippen molar-refractivity contribution in [1.82, 2.24) is 10.3 Å². The van der Waals surface area contributed by atoms with Crippen LogP contribution in [0.3, 0.4) is 0 Å². The molecule has 3 rings (SSSR count). The molecule has 2 aliphatic carbocycles. The summed E-state index contributed by atoms with van der Waals surface area (Å²) in [5.41, 5.74) is 1.17. The molecular formula is C14H21N3. The Labute approximate surface area is 103 Å². The largest absolute Gasteiger partial charge is 0.354 e. The zero-order chi connectivity index (χ0) is 11.7. The minimum Gasteiger partial charge on any atom is -0.354 e. The number of anilines is 1. The summed E-state index contributed by atoms with van der Waals surface area (Å²) in [4.78, 5) is 7.20. The van der Waals surface area contributed by atoms with Crippen molar-refractivity contribution in [2.24, 2.45) is 0 Å². The third-order valence-electron chi connectivity index (χ3n) is 3.56. The fourth-order valence-electron chi connectivity index (χ4n) is 2.26. The molecule has 2 fully saturated rings. The van der Waals surface area contributed by atoms with Gasteiger partial charge in [0.05, 0.1) is 5.69 Å². The summed E-state index contributed by atoms with van der Waals surface area (Å²) in [6, 6.07) is 7.91. The second-order valence-corrected chi connectivity index (χ2v) is 5.16. The molecule has 0 saturated heterocycles. The number of rotatable bonds is 6. The predicted octanol–water partition coefficient (Wildman–Crippen LogP) is 2.32. The van der Waals surface area contributed by atoms with Crippen molar-refractivity contribution in [3.63, 3.8) is 0 Å². The van der Waals surface area contributed by atoms with Gasteiger partial charge in [0.2, 0.25) is 0 Å². The van der Waals surface area contributed by atoms with E-state index in [1.54, 1.807) is 0 Å². The summed E-state index contributed by atoms with van der Waals surface area (Å²) >= 11 is 0. The molecule has 2 saturated carbocycles. The molecule has 0 atom stereocenters. The van der Waals surface area contributed by atoms with Crippen LogP contribution in [-0.4, -0.2) is 23.6 Å². The highest BCUT2D eigenvalue weighted by atomic mass is 15.2. The van der Waals surface area contributed by atoms with Crippen molar-refractivity contribution >= 4 is 5.82 Å². The molecule has 0 bridgehead atoms. The standard InChI is InChI=1S/C14H21N3/c1-2-17(13-8-9-13)14-5-3-4-12(16-14)10-15-11-6-7-11/h3-5,11,13,15H,2,6-10H2,1H3. The third-order valence-corrected chi connectivity index (χ3v) is 3.56. The molecule has 1 aromatic rings. The molecule has 1 heterocycles. The number of hydrogen-bond donors (Lipinski definition) is 1. The van der Waals surface area contributed by atoms with E-state index in [4.69, 9.17) is 4.98 Å². The van der Waals surface area contributed by atoms with E-state index in [-0.39, 0.29) is 0 Å². The van der Waals surface area contributed by atoms with Crippen molar-refractivity contribution in [2.45, 2.75) is 51.2 Å². The maximum atomic E-state index is 4.77. The Balaban J connectivity index is 1.67. The number of aromatic nitrogens is 1. The Morgan fingerprint density at radius 3 is 2.76 bits per heavy atom. The number of nitrogens with one attached hydrogen (secondary N) is 1. The summed E-state index contributed by atoms with van der Waals surface area (Å²) < 4.78 is 0. The summed E-state index contributed by atoms with van der Waals surface area (Å²) in [5, 5.41) is 3.52. The number of hydrogen-bond acceptors (Lipinski definition) is 3. The lowest BCUT2D eigenvalue weighted by molar-refractivity contribution is 0.672. The molecule has 0 amide bonds.